The molecule has 0 saturated heterocycles. The molecule has 0 bridgehead atoms. The zero-order chi connectivity index (χ0) is 22.3. The molecule has 4 N–H and O–H groups in total. The van der Waals surface area contributed by atoms with Crippen LogP contribution in [0.3, 0.4) is 0 Å². The second-order valence-electron chi connectivity index (χ2n) is 6.86. The zero-order valence-electron chi connectivity index (χ0n) is 17.4. The van der Waals surface area contributed by atoms with Gasteiger partial charge in [0.15, 0.2) is 11.6 Å². The highest BCUT2D eigenvalue weighted by atomic mass is 35.5. The van der Waals surface area contributed by atoms with Crippen molar-refractivity contribution >= 4 is 35.6 Å². The molecule has 33 heavy (non-hydrogen) atoms. The van der Waals surface area contributed by atoms with Crippen molar-refractivity contribution in [2.75, 3.05) is 11.1 Å². The van der Waals surface area contributed by atoms with Crippen molar-refractivity contribution in [2.45, 2.75) is 6.54 Å². The summed E-state index contributed by atoms with van der Waals surface area (Å²) in [4.78, 5) is 20.8. The first-order valence-corrected chi connectivity index (χ1v) is 9.81. The standard InChI is InChI=1S/C24H20FN5O2.ClH/c25-20-13-17(8-9-21(20)32-18-10-12-27-22(26)14-18)30-23-19(7-4-11-28-23)24(31)29-15-16-5-2-1-3-6-16;/h1-14H,15H2,(H2,26,27)(H,28,30)(H,29,31);1H. The van der Waals surface area contributed by atoms with Crippen LogP contribution in [-0.4, -0.2) is 15.9 Å². The second-order valence-corrected chi connectivity index (χ2v) is 6.86. The molecule has 0 atom stereocenters. The van der Waals surface area contributed by atoms with Crippen LogP contribution in [0.25, 0.3) is 0 Å². The Morgan fingerprint density at radius 3 is 2.55 bits per heavy atom. The SMILES string of the molecule is Cl.Nc1cc(Oc2ccc(Nc3ncccc3C(=O)NCc3ccccc3)cc2F)ccn1. The molecular weight excluding hydrogens is 445 g/mol. The third kappa shape index (κ3) is 6.18. The Labute approximate surface area is 196 Å². The lowest BCUT2D eigenvalue weighted by Crippen LogP contribution is -2.24. The number of hydrogen-bond acceptors (Lipinski definition) is 6. The maximum atomic E-state index is 14.6. The summed E-state index contributed by atoms with van der Waals surface area (Å²) < 4.78 is 20.1. The fraction of sp³-hybridized carbons (Fsp3) is 0.0417. The number of nitrogens with two attached hydrogens (primary N) is 1. The van der Waals surface area contributed by atoms with Gasteiger partial charge in [0.05, 0.1) is 5.56 Å². The van der Waals surface area contributed by atoms with E-state index in [-0.39, 0.29) is 29.9 Å². The Hall–Kier alpha value is -4.17. The van der Waals surface area contributed by atoms with Gasteiger partial charge in [-0.15, -0.1) is 12.4 Å². The van der Waals surface area contributed by atoms with Crippen molar-refractivity contribution in [3.8, 4) is 11.5 Å². The Kier molecular flexibility index (Phi) is 7.77. The van der Waals surface area contributed by atoms with E-state index in [0.29, 0.717) is 29.4 Å². The van der Waals surface area contributed by atoms with Crippen molar-refractivity contribution in [3.63, 3.8) is 0 Å². The maximum absolute atomic E-state index is 14.6. The number of nitrogens with one attached hydrogen (secondary N) is 2. The Morgan fingerprint density at radius 2 is 1.79 bits per heavy atom. The summed E-state index contributed by atoms with van der Waals surface area (Å²) >= 11 is 0. The highest BCUT2D eigenvalue weighted by molar-refractivity contribution is 5.99. The Balaban J connectivity index is 0.00000306. The number of hydrogen-bond donors (Lipinski definition) is 3. The average Bonchev–Trinajstić information content (AvgIpc) is 2.80. The lowest BCUT2D eigenvalue weighted by Gasteiger charge is -2.13. The van der Waals surface area contributed by atoms with Crippen molar-refractivity contribution in [1.29, 1.82) is 0 Å². The monoisotopic (exact) mass is 465 g/mol. The van der Waals surface area contributed by atoms with Crippen LogP contribution in [0.5, 0.6) is 11.5 Å². The number of benzene rings is 2. The van der Waals surface area contributed by atoms with Gasteiger partial charge >= 0.3 is 0 Å². The smallest absolute Gasteiger partial charge is 0.255 e. The van der Waals surface area contributed by atoms with E-state index in [1.54, 1.807) is 30.5 Å². The summed E-state index contributed by atoms with van der Waals surface area (Å²) in [5, 5.41) is 5.86. The van der Waals surface area contributed by atoms with Gasteiger partial charge in [-0.1, -0.05) is 30.3 Å². The number of aromatic nitrogens is 2. The van der Waals surface area contributed by atoms with E-state index in [0.717, 1.165) is 5.56 Å². The average molecular weight is 466 g/mol. The van der Waals surface area contributed by atoms with Crippen molar-refractivity contribution in [1.82, 2.24) is 15.3 Å². The molecule has 168 valence electrons. The number of carbonyl (C=O) groups excluding carboxylic acids is 1. The normalized spacial score (nSPS) is 10.1. The molecule has 4 rings (SSSR count). The number of anilines is 3. The van der Waals surface area contributed by atoms with E-state index in [9.17, 15) is 9.18 Å². The first-order valence-electron chi connectivity index (χ1n) is 9.81. The molecule has 4 aromatic rings. The van der Waals surface area contributed by atoms with Gasteiger partial charge in [-0.25, -0.2) is 14.4 Å². The summed E-state index contributed by atoms with van der Waals surface area (Å²) in [5.74, 6) is 0.112. The molecule has 0 radical (unpaired) electrons. The predicted molar refractivity (Wildman–Crippen MR) is 128 cm³/mol. The Morgan fingerprint density at radius 1 is 0.970 bits per heavy atom. The Bertz CT molecular complexity index is 1240. The van der Waals surface area contributed by atoms with Crippen LogP contribution in [0.2, 0.25) is 0 Å². The largest absolute Gasteiger partial charge is 0.454 e. The quantitative estimate of drug-likeness (QED) is 0.351. The molecule has 0 unspecified atom stereocenters. The van der Waals surface area contributed by atoms with E-state index in [4.69, 9.17) is 10.5 Å². The maximum Gasteiger partial charge on any atom is 0.255 e. The van der Waals surface area contributed by atoms with Crippen molar-refractivity contribution in [3.05, 3.63) is 102 Å². The lowest BCUT2D eigenvalue weighted by atomic mass is 10.2. The third-order valence-electron chi connectivity index (χ3n) is 4.52. The predicted octanol–water partition coefficient (Wildman–Crippen LogP) is 5.09. The highest BCUT2D eigenvalue weighted by Gasteiger charge is 2.14. The van der Waals surface area contributed by atoms with Crippen LogP contribution < -0.4 is 21.1 Å². The fourth-order valence-electron chi connectivity index (χ4n) is 2.98. The molecule has 0 aliphatic heterocycles. The molecule has 2 aromatic heterocycles. The first kappa shape index (κ1) is 23.5. The van der Waals surface area contributed by atoms with Gasteiger partial charge in [-0.05, 0) is 35.9 Å². The van der Waals surface area contributed by atoms with Gasteiger partial charge in [0, 0.05) is 36.8 Å². The number of amides is 1. The summed E-state index contributed by atoms with van der Waals surface area (Å²) in [5.41, 5.74) is 7.36. The third-order valence-corrected chi connectivity index (χ3v) is 4.52. The number of rotatable bonds is 7. The fourth-order valence-corrected chi connectivity index (χ4v) is 2.98. The van der Waals surface area contributed by atoms with E-state index in [1.807, 2.05) is 30.3 Å². The number of nitrogens with zero attached hydrogens (tertiary/aromatic N) is 2. The molecule has 9 heteroatoms. The molecule has 0 aliphatic carbocycles. The summed E-state index contributed by atoms with van der Waals surface area (Å²) in [6.07, 6.45) is 3.03. The van der Waals surface area contributed by atoms with E-state index in [1.165, 1.54) is 24.4 Å². The van der Waals surface area contributed by atoms with E-state index >= 15 is 0 Å². The number of nitrogen functional groups attached to an aromatic ring is 1. The molecule has 7 nitrogen and oxygen atoms in total. The number of halogens is 2. The van der Waals surface area contributed by atoms with Crippen molar-refractivity contribution < 1.29 is 13.9 Å². The second kappa shape index (κ2) is 10.9. The van der Waals surface area contributed by atoms with E-state index < -0.39 is 5.82 Å². The molecule has 1 amide bonds. The molecule has 2 heterocycles. The van der Waals surface area contributed by atoms with Crippen LogP contribution in [0.15, 0.2) is 85.2 Å². The van der Waals surface area contributed by atoms with Crippen LogP contribution >= 0.6 is 12.4 Å². The zero-order valence-corrected chi connectivity index (χ0v) is 18.2. The van der Waals surface area contributed by atoms with Gasteiger partial charge in [-0.2, -0.15) is 0 Å². The van der Waals surface area contributed by atoms with Gasteiger partial charge in [-0.3, -0.25) is 4.79 Å². The minimum Gasteiger partial charge on any atom is -0.454 e. The molecule has 0 aliphatic rings. The van der Waals surface area contributed by atoms with Crippen LogP contribution in [0, 0.1) is 5.82 Å². The summed E-state index contributed by atoms with van der Waals surface area (Å²) in [7, 11) is 0. The van der Waals surface area contributed by atoms with Crippen molar-refractivity contribution in [2.24, 2.45) is 0 Å². The van der Waals surface area contributed by atoms with Crippen LogP contribution in [0.4, 0.5) is 21.7 Å². The highest BCUT2D eigenvalue weighted by Crippen LogP contribution is 2.28. The number of ether oxygens (including phenoxy) is 1. The summed E-state index contributed by atoms with van der Waals surface area (Å²) in [6, 6.07) is 20.3. The molecule has 0 fully saturated rings. The molecule has 0 saturated carbocycles. The summed E-state index contributed by atoms with van der Waals surface area (Å²) in [6.45, 7) is 0.383. The van der Waals surface area contributed by atoms with Crippen LogP contribution in [-0.2, 0) is 6.54 Å². The molecular formula is C24H21ClFN5O2. The molecule has 0 spiro atoms. The lowest BCUT2D eigenvalue weighted by molar-refractivity contribution is 0.0951. The minimum atomic E-state index is -0.587. The van der Waals surface area contributed by atoms with Gasteiger partial charge < -0.3 is 21.1 Å². The van der Waals surface area contributed by atoms with Crippen LogP contribution in [0.1, 0.15) is 15.9 Å². The van der Waals surface area contributed by atoms with Gasteiger partial charge in [0.1, 0.15) is 17.4 Å². The van der Waals surface area contributed by atoms with Gasteiger partial charge in [0.2, 0.25) is 0 Å². The first-order chi connectivity index (χ1) is 15.6. The number of carbonyl (C=O) groups is 1. The molecule has 2 aromatic carbocycles. The minimum absolute atomic E-state index is 0. The topological polar surface area (TPSA) is 102 Å². The number of pyridine rings is 2. The van der Waals surface area contributed by atoms with Gasteiger partial charge in [0.25, 0.3) is 5.91 Å². The van der Waals surface area contributed by atoms with E-state index in [2.05, 4.69) is 20.6 Å².